The first kappa shape index (κ1) is 38.6. The van der Waals surface area contributed by atoms with Crippen molar-refractivity contribution in [2.45, 2.75) is 18.8 Å². The standard InChI is InChI=1S/C65H45N3/c1-43-29-31-48(32-30-43)66(45-18-5-2-6-19-45)49-33-36-59-55(40-49)53-25-13-15-27-58(53)65(59)60-37-34-50(42-57(60)64-52-24-12-11-17-44(52)39-61(64)65)67(46-20-7-3-8-21-46)51-35-38-63-56(41-51)54-26-14-16-28-62(54)68(63)47-22-9-4-10-23-47/h2-38,40-42H,39H2,1H3. The summed E-state index contributed by atoms with van der Waals surface area (Å²) in [4.78, 5) is 4.85. The average Bonchev–Trinajstić information content (AvgIpc) is 4.11. The van der Waals surface area contributed by atoms with Gasteiger partial charge in [0.1, 0.15) is 0 Å². The number of nitrogens with zero attached hydrogens (tertiary/aromatic N) is 3. The number of hydrogen-bond donors (Lipinski definition) is 0. The Labute approximate surface area is 396 Å². The number of benzene rings is 10. The molecule has 10 aromatic carbocycles. The van der Waals surface area contributed by atoms with Crippen molar-refractivity contribution in [2.75, 3.05) is 9.80 Å². The summed E-state index contributed by atoms with van der Waals surface area (Å²) in [5.41, 5.74) is 24.7. The molecule has 11 aromatic rings. The van der Waals surface area contributed by atoms with E-state index >= 15 is 0 Å². The van der Waals surface area contributed by atoms with E-state index in [0.29, 0.717) is 0 Å². The van der Waals surface area contributed by atoms with Crippen LogP contribution in [0.15, 0.2) is 248 Å². The summed E-state index contributed by atoms with van der Waals surface area (Å²) in [6.07, 6.45) is 0.898. The lowest BCUT2D eigenvalue weighted by Crippen LogP contribution is -2.28. The molecular formula is C65H45N3. The molecule has 3 nitrogen and oxygen atoms in total. The fourth-order valence-corrected chi connectivity index (χ4v) is 12.1. The van der Waals surface area contributed by atoms with Crippen molar-refractivity contribution in [3.8, 4) is 16.8 Å². The second-order valence-corrected chi connectivity index (χ2v) is 18.5. The molecule has 3 aliphatic carbocycles. The van der Waals surface area contributed by atoms with Gasteiger partial charge in [-0.05, 0) is 166 Å². The van der Waals surface area contributed by atoms with Gasteiger partial charge in [0.15, 0.2) is 0 Å². The van der Waals surface area contributed by atoms with Gasteiger partial charge in [-0.15, -0.1) is 0 Å². The lowest BCUT2D eigenvalue weighted by molar-refractivity contribution is 0.745. The van der Waals surface area contributed by atoms with E-state index in [1.54, 1.807) is 0 Å². The van der Waals surface area contributed by atoms with Gasteiger partial charge in [-0.2, -0.15) is 0 Å². The minimum Gasteiger partial charge on any atom is -0.310 e. The summed E-state index contributed by atoms with van der Waals surface area (Å²) in [7, 11) is 0. The third-order valence-corrected chi connectivity index (χ3v) is 14.9. The molecule has 68 heavy (non-hydrogen) atoms. The molecule has 1 atom stereocenters. The smallest absolute Gasteiger partial charge is 0.0691 e. The largest absolute Gasteiger partial charge is 0.310 e. The van der Waals surface area contributed by atoms with Crippen molar-refractivity contribution in [1.82, 2.24) is 4.57 Å². The first-order valence-electron chi connectivity index (χ1n) is 23.7. The van der Waals surface area contributed by atoms with E-state index in [1.165, 1.54) is 83.0 Å². The fourth-order valence-electron chi connectivity index (χ4n) is 12.1. The zero-order valence-electron chi connectivity index (χ0n) is 37.6. The number of fused-ring (bicyclic) bond motifs is 14. The van der Waals surface area contributed by atoms with E-state index < -0.39 is 5.41 Å². The number of anilines is 6. The SMILES string of the molecule is Cc1ccc(N(c2ccccc2)c2ccc3c(c2)-c2ccccc2C32C3=C(c4ccccc4C3)c3cc(N(c4ccccc4)c4ccc5c(c4)c4ccccc4n5-c4ccccc4)ccc32)cc1. The number of para-hydroxylation sites is 4. The third-order valence-electron chi connectivity index (χ3n) is 14.9. The monoisotopic (exact) mass is 867 g/mol. The molecule has 0 N–H and O–H groups in total. The molecule has 0 bridgehead atoms. The molecule has 1 unspecified atom stereocenters. The van der Waals surface area contributed by atoms with E-state index in [-0.39, 0.29) is 0 Å². The molecule has 0 amide bonds. The molecule has 0 radical (unpaired) electrons. The summed E-state index contributed by atoms with van der Waals surface area (Å²) >= 11 is 0. The van der Waals surface area contributed by atoms with Crippen LogP contribution in [0.1, 0.15) is 38.9 Å². The van der Waals surface area contributed by atoms with Crippen LogP contribution >= 0.6 is 0 Å². The predicted molar refractivity (Wildman–Crippen MR) is 283 cm³/mol. The van der Waals surface area contributed by atoms with Crippen LogP contribution in [0, 0.1) is 6.92 Å². The average molecular weight is 868 g/mol. The Morgan fingerprint density at radius 3 is 1.60 bits per heavy atom. The van der Waals surface area contributed by atoms with Crippen LogP contribution in [0.4, 0.5) is 34.1 Å². The Kier molecular flexibility index (Phi) is 8.47. The number of aryl methyl sites for hydroxylation is 1. The second-order valence-electron chi connectivity index (χ2n) is 18.5. The number of hydrogen-bond acceptors (Lipinski definition) is 2. The summed E-state index contributed by atoms with van der Waals surface area (Å²) in [6.45, 7) is 2.15. The minimum atomic E-state index is -0.455. The lowest BCUT2D eigenvalue weighted by atomic mass is 9.69. The highest BCUT2D eigenvalue weighted by Gasteiger charge is 2.55. The minimum absolute atomic E-state index is 0.455. The van der Waals surface area contributed by atoms with Crippen LogP contribution in [-0.4, -0.2) is 4.57 Å². The predicted octanol–water partition coefficient (Wildman–Crippen LogP) is 16.7. The maximum atomic E-state index is 2.50. The van der Waals surface area contributed by atoms with Crippen LogP contribution in [0.5, 0.6) is 0 Å². The molecular weight excluding hydrogens is 823 g/mol. The van der Waals surface area contributed by atoms with Gasteiger partial charge in [0, 0.05) is 50.6 Å². The molecule has 1 heterocycles. The van der Waals surface area contributed by atoms with Crippen LogP contribution < -0.4 is 9.80 Å². The van der Waals surface area contributed by atoms with E-state index in [0.717, 1.165) is 46.2 Å². The maximum absolute atomic E-state index is 2.50. The molecule has 0 saturated heterocycles. The lowest BCUT2D eigenvalue weighted by Gasteiger charge is -2.33. The highest BCUT2D eigenvalue weighted by Crippen LogP contribution is 2.66. The fraction of sp³-hybridized carbons (Fsp3) is 0.0462. The molecule has 0 saturated carbocycles. The van der Waals surface area contributed by atoms with Gasteiger partial charge in [0.25, 0.3) is 0 Å². The van der Waals surface area contributed by atoms with Crippen LogP contribution in [0.2, 0.25) is 0 Å². The second kappa shape index (κ2) is 14.9. The van der Waals surface area contributed by atoms with Crippen molar-refractivity contribution in [2.24, 2.45) is 0 Å². The molecule has 3 aliphatic rings. The van der Waals surface area contributed by atoms with E-state index in [2.05, 4.69) is 264 Å². The zero-order chi connectivity index (χ0) is 44.9. The summed E-state index contributed by atoms with van der Waals surface area (Å²) in [5, 5.41) is 2.46. The molecule has 1 aromatic heterocycles. The van der Waals surface area contributed by atoms with Gasteiger partial charge < -0.3 is 14.4 Å². The van der Waals surface area contributed by atoms with E-state index in [9.17, 15) is 0 Å². The Hall–Kier alpha value is -8.66. The van der Waals surface area contributed by atoms with Crippen LogP contribution in [-0.2, 0) is 11.8 Å². The Bertz CT molecular complexity index is 3830. The molecule has 0 fully saturated rings. The van der Waals surface area contributed by atoms with Crippen molar-refractivity contribution in [3.63, 3.8) is 0 Å². The number of allylic oxidation sites excluding steroid dienone is 1. The highest BCUT2D eigenvalue weighted by atomic mass is 15.1. The quantitative estimate of drug-likeness (QED) is 0.158. The number of aromatic nitrogens is 1. The summed E-state index contributed by atoms with van der Waals surface area (Å²) in [5.74, 6) is 0. The Morgan fingerprint density at radius 1 is 0.368 bits per heavy atom. The van der Waals surface area contributed by atoms with E-state index in [1.807, 2.05) is 0 Å². The Balaban J connectivity index is 0.980. The highest BCUT2D eigenvalue weighted by molar-refractivity contribution is 6.11. The molecule has 320 valence electrons. The first-order valence-corrected chi connectivity index (χ1v) is 23.7. The third kappa shape index (κ3) is 5.53. The summed E-state index contributed by atoms with van der Waals surface area (Å²) in [6, 6.07) is 90.0. The van der Waals surface area contributed by atoms with Gasteiger partial charge in [0.2, 0.25) is 0 Å². The molecule has 1 spiro atoms. The summed E-state index contributed by atoms with van der Waals surface area (Å²) < 4.78 is 2.39. The van der Waals surface area contributed by atoms with Gasteiger partial charge in [0.05, 0.1) is 16.4 Å². The maximum Gasteiger partial charge on any atom is 0.0691 e. The van der Waals surface area contributed by atoms with Crippen LogP contribution in [0.3, 0.4) is 0 Å². The first-order chi connectivity index (χ1) is 33.6. The van der Waals surface area contributed by atoms with Crippen molar-refractivity contribution in [1.29, 1.82) is 0 Å². The van der Waals surface area contributed by atoms with E-state index in [4.69, 9.17) is 0 Å². The van der Waals surface area contributed by atoms with Gasteiger partial charge in [-0.3, -0.25) is 0 Å². The topological polar surface area (TPSA) is 11.4 Å². The normalized spacial score (nSPS) is 15.1. The molecule has 0 aliphatic heterocycles. The van der Waals surface area contributed by atoms with Gasteiger partial charge in [-0.1, -0.05) is 151 Å². The molecule has 14 rings (SSSR count). The van der Waals surface area contributed by atoms with Gasteiger partial charge >= 0.3 is 0 Å². The van der Waals surface area contributed by atoms with Crippen molar-refractivity contribution < 1.29 is 0 Å². The molecule has 3 heteroatoms. The Morgan fingerprint density at radius 2 is 0.868 bits per heavy atom. The number of rotatable bonds is 7. The van der Waals surface area contributed by atoms with Gasteiger partial charge in [-0.25, -0.2) is 0 Å². The van der Waals surface area contributed by atoms with Crippen LogP contribution in [0.25, 0.3) is 44.2 Å². The van der Waals surface area contributed by atoms with Crippen molar-refractivity contribution in [3.05, 3.63) is 287 Å². The van der Waals surface area contributed by atoms with Crippen molar-refractivity contribution >= 4 is 61.5 Å². The zero-order valence-corrected chi connectivity index (χ0v) is 37.6.